The molecule has 0 radical (unpaired) electrons. The maximum atomic E-state index is 12.5. The number of fused-ring (bicyclic) bond motifs is 1. The van der Waals surface area contributed by atoms with E-state index in [1.54, 1.807) is 25.2 Å². The van der Waals surface area contributed by atoms with Crippen LogP contribution in [0.1, 0.15) is 45.2 Å². The molecule has 2 amide bonds. The normalized spacial score (nSPS) is 24.2. The van der Waals surface area contributed by atoms with Crippen molar-refractivity contribution in [3.05, 3.63) is 23.8 Å². The summed E-state index contributed by atoms with van der Waals surface area (Å²) in [5.74, 6) is 1.22. The van der Waals surface area contributed by atoms with Crippen molar-refractivity contribution in [2.24, 2.45) is 0 Å². The van der Waals surface area contributed by atoms with Gasteiger partial charge in [0.25, 0.3) is 0 Å². The van der Waals surface area contributed by atoms with E-state index in [9.17, 15) is 9.59 Å². The van der Waals surface area contributed by atoms with Gasteiger partial charge in [-0.25, -0.2) is 9.59 Å². The molecule has 2 aliphatic rings. The Labute approximate surface area is 165 Å². The largest absolute Gasteiger partial charge is 0.497 e. The number of hydrogen-bond donors (Lipinski definition) is 1. The van der Waals surface area contributed by atoms with Gasteiger partial charge in [-0.15, -0.1) is 0 Å². The fraction of sp³-hybridized carbons (Fsp3) is 0.600. The second-order valence-electron chi connectivity index (χ2n) is 8.04. The van der Waals surface area contributed by atoms with Gasteiger partial charge >= 0.3 is 12.2 Å². The van der Waals surface area contributed by atoms with E-state index >= 15 is 0 Å². The molecule has 2 aliphatic heterocycles. The third-order valence-electron chi connectivity index (χ3n) is 4.91. The molecule has 0 unspecified atom stereocenters. The molecular formula is C20H28N2O6. The topological polar surface area (TPSA) is 86.3 Å². The summed E-state index contributed by atoms with van der Waals surface area (Å²) >= 11 is 0. The number of hydrogen-bond acceptors (Lipinski definition) is 6. The van der Waals surface area contributed by atoms with E-state index in [4.69, 9.17) is 18.9 Å². The molecule has 0 aromatic heterocycles. The standard InChI is InChI=1S/C20H28N2O6/c1-20(2,3)28-18(23)21-16-10-13-6-7-27-19(24)22(13)17(16)12-8-14(25-4)11-15(9-12)26-5/h8-9,11,13,16-17H,6-7,10H2,1-5H3,(H,21,23)/t13-,16-,17+/m1/s1. The lowest BCUT2D eigenvalue weighted by Crippen LogP contribution is -2.45. The fourth-order valence-electron chi connectivity index (χ4n) is 3.82. The predicted molar refractivity (Wildman–Crippen MR) is 102 cm³/mol. The van der Waals surface area contributed by atoms with Crippen molar-refractivity contribution in [2.75, 3.05) is 20.8 Å². The van der Waals surface area contributed by atoms with Gasteiger partial charge in [-0.3, -0.25) is 4.90 Å². The maximum Gasteiger partial charge on any atom is 0.410 e. The van der Waals surface area contributed by atoms with Gasteiger partial charge in [0.05, 0.1) is 32.9 Å². The van der Waals surface area contributed by atoms with Crippen LogP contribution < -0.4 is 14.8 Å². The molecule has 1 N–H and O–H groups in total. The molecule has 0 saturated carbocycles. The summed E-state index contributed by atoms with van der Waals surface area (Å²) in [4.78, 5) is 26.6. The van der Waals surface area contributed by atoms with Gasteiger partial charge in [0.15, 0.2) is 0 Å². The van der Waals surface area contributed by atoms with Crippen LogP contribution in [0.4, 0.5) is 9.59 Å². The molecule has 8 nitrogen and oxygen atoms in total. The molecule has 8 heteroatoms. The summed E-state index contributed by atoms with van der Waals surface area (Å²) in [6, 6.07) is 4.73. The number of nitrogens with zero attached hydrogens (tertiary/aromatic N) is 1. The zero-order chi connectivity index (χ0) is 20.5. The van der Waals surface area contributed by atoms with Crippen molar-refractivity contribution >= 4 is 12.2 Å². The van der Waals surface area contributed by atoms with E-state index < -0.39 is 17.7 Å². The zero-order valence-electron chi connectivity index (χ0n) is 17.0. The molecule has 3 rings (SSSR count). The first-order valence-corrected chi connectivity index (χ1v) is 9.39. The van der Waals surface area contributed by atoms with Crippen LogP contribution in [0, 0.1) is 0 Å². The third-order valence-corrected chi connectivity index (χ3v) is 4.91. The summed E-state index contributed by atoms with van der Waals surface area (Å²) in [5, 5.41) is 2.94. The van der Waals surface area contributed by atoms with Gasteiger partial charge < -0.3 is 24.3 Å². The second-order valence-corrected chi connectivity index (χ2v) is 8.04. The Balaban J connectivity index is 1.94. The molecule has 154 valence electrons. The second kappa shape index (κ2) is 7.77. The van der Waals surface area contributed by atoms with Crippen molar-refractivity contribution in [1.29, 1.82) is 0 Å². The predicted octanol–water partition coefficient (Wildman–Crippen LogP) is 3.25. The van der Waals surface area contributed by atoms with Gasteiger partial charge in [0.1, 0.15) is 17.1 Å². The van der Waals surface area contributed by atoms with E-state index in [0.29, 0.717) is 24.5 Å². The molecule has 3 atom stereocenters. The number of amides is 2. The highest BCUT2D eigenvalue weighted by molar-refractivity contribution is 5.72. The average molecular weight is 392 g/mol. The smallest absolute Gasteiger partial charge is 0.410 e. The van der Waals surface area contributed by atoms with Gasteiger partial charge in [0, 0.05) is 18.5 Å². The summed E-state index contributed by atoms with van der Waals surface area (Å²) < 4.78 is 21.4. The highest BCUT2D eigenvalue weighted by Gasteiger charge is 2.48. The average Bonchev–Trinajstić information content (AvgIpc) is 2.98. The summed E-state index contributed by atoms with van der Waals surface area (Å²) in [6.45, 7) is 5.82. The van der Waals surface area contributed by atoms with Crippen molar-refractivity contribution in [2.45, 2.75) is 57.3 Å². The molecule has 2 heterocycles. The monoisotopic (exact) mass is 392 g/mol. The highest BCUT2D eigenvalue weighted by Crippen LogP contribution is 2.42. The van der Waals surface area contributed by atoms with E-state index in [2.05, 4.69) is 5.32 Å². The number of nitrogens with one attached hydrogen (secondary N) is 1. The van der Waals surface area contributed by atoms with Crippen molar-refractivity contribution < 1.29 is 28.5 Å². The van der Waals surface area contributed by atoms with Gasteiger partial charge in [-0.05, 0) is 44.9 Å². The Kier molecular flexibility index (Phi) is 5.58. The summed E-state index contributed by atoms with van der Waals surface area (Å²) in [7, 11) is 3.14. The number of rotatable bonds is 4. The molecule has 1 aromatic rings. The Bertz CT molecular complexity index is 722. The minimum Gasteiger partial charge on any atom is -0.497 e. The number of benzene rings is 1. The van der Waals surface area contributed by atoms with Crippen LogP contribution in [-0.4, -0.2) is 55.6 Å². The van der Waals surface area contributed by atoms with Crippen LogP contribution in [0.3, 0.4) is 0 Å². The van der Waals surface area contributed by atoms with Crippen LogP contribution >= 0.6 is 0 Å². The molecule has 0 aliphatic carbocycles. The van der Waals surface area contributed by atoms with Crippen LogP contribution in [0.5, 0.6) is 11.5 Å². The van der Waals surface area contributed by atoms with Crippen molar-refractivity contribution in [1.82, 2.24) is 10.2 Å². The van der Waals surface area contributed by atoms with Crippen molar-refractivity contribution in [3.63, 3.8) is 0 Å². The minimum absolute atomic E-state index is 0.0108. The molecular weight excluding hydrogens is 364 g/mol. The molecule has 2 saturated heterocycles. The molecule has 0 spiro atoms. The Morgan fingerprint density at radius 2 is 1.82 bits per heavy atom. The molecule has 28 heavy (non-hydrogen) atoms. The van der Waals surface area contributed by atoms with E-state index in [1.807, 2.05) is 32.9 Å². The number of alkyl carbamates (subject to hydrolysis) is 1. The number of methoxy groups -OCH3 is 2. The quantitative estimate of drug-likeness (QED) is 0.846. The summed E-state index contributed by atoms with van der Waals surface area (Å²) in [5.41, 5.74) is 0.196. The third kappa shape index (κ3) is 4.26. The number of carbonyl (C=O) groups is 2. The van der Waals surface area contributed by atoms with Crippen molar-refractivity contribution in [3.8, 4) is 11.5 Å². The maximum absolute atomic E-state index is 12.5. The Morgan fingerprint density at radius 3 is 2.39 bits per heavy atom. The van der Waals surface area contributed by atoms with Crippen LogP contribution in [-0.2, 0) is 9.47 Å². The van der Waals surface area contributed by atoms with E-state index in [1.165, 1.54) is 0 Å². The van der Waals surface area contributed by atoms with Crippen LogP contribution in [0.15, 0.2) is 18.2 Å². The van der Waals surface area contributed by atoms with Gasteiger partial charge in [-0.2, -0.15) is 0 Å². The Morgan fingerprint density at radius 1 is 1.18 bits per heavy atom. The first kappa shape index (κ1) is 20.1. The van der Waals surface area contributed by atoms with Crippen LogP contribution in [0.2, 0.25) is 0 Å². The molecule has 0 bridgehead atoms. The lowest BCUT2D eigenvalue weighted by Gasteiger charge is -2.34. The fourth-order valence-corrected chi connectivity index (χ4v) is 3.82. The lowest BCUT2D eigenvalue weighted by molar-refractivity contribution is 0.0400. The summed E-state index contributed by atoms with van der Waals surface area (Å²) in [6.07, 6.45) is 0.455. The number of cyclic esters (lactones) is 1. The number of carbonyl (C=O) groups excluding carboxylic acids is 2. The highest BCUT2D eigenvalue weighted by atomic mass is 16.6. The number of ether oxygens (including phenoxy) is 4. The van der Waals surface area contributed by atoms with E-state index in [-0.39, 0.29) is 18.2 Å². The lowest BCUT2D eigenvalue weighted by atomic mass is 9.99. The molecule has 1 aromatic carbocycles. The van der Waals surface area contributed by atoms with E-state index in [0.717, 1.165) is 12.0 Å². The first-order chi connectivity index (χ1) is 13.2. The first-order valence-electron chi connectivity index (χ1n) is 9.39. The SMILES string of the molecule is COc1cc(OC)cc([C@H]2[C@H](NC(=O)OC(C)(C)C)C[C@H]3CCOC(=O)N32)c1. The van der Waals surface area contributed by atoms with Gasteiger partial charge in [-0.1, -0.05) is 0 Å². The Hall–Kier alpha value is -2.64. The van der Waals surface area contributed by atoms with Gasteiger partial charge in [0.2, 0.25) is 0 Å². The molecule has 2 fully saturated rings. The van der Waals surface area contributed by atoms with Crippen LogP contribution in [0.25, 0.3) is 0 Å². The minimum atomic E-state index is -0.608. The zero-order valence-corrected chi connectivity index (χ0v) is 17.0.